The van der Waals surface area contributed by atoms with Gasteiger partial charge < -0.3 is 19.7 Å². The van der Waals surface area contributed by atoms with Crippen molar-refractivity contribution in [2.45, 2.75) is 38.0 Å². The molecule has 1 aromatic carbocycles. The fraction of sp³-hybridized carbons (Fsp3) is 0.304. The number of nitrogens with zero attached hydrogens (tertiary/aromatic N) is 2. The molecule has 32 heavy (non-hydrogen) atoms. The first-order valence-electron chi connectivity index (χ1n) is 10.2. The van der Waals surface area contributed by atoms with Crippen LogP contribution in [-0.4, -0.2) is 38.8 Å². The number of aliphatic hydroxyl groups is 1. The number of benzene rings is 1. The molecule has 0 amide bonds. The van der Waals surface area contributed by atoms with E-state index in [1.165, 1.54) is 17.7 Å². The summed E-state index contributed by atoms with van der Waals surface area (Å²) < 4.78 is 11.4. The van der Waals surface area contributed by atoms with E-state index in [9.17, 15) is 24.6 Å². The largest absolute Gasteiger partial charge is 0.508 e. The number of fused-ring (bicyclic) bond motifs is 5. The van der Waals surface area contributed by atoms with Crippen molar-refractivity contribution in [2.75, 3.05) is 7.11 Å². The lowest BCUT2D eigenvalue weighted by Gasteiger charge is -2.32. The molecular formula is C23H20N2O7. The van der Waals surface area contributed by atoms with Crippen molar-refractivity contribution in [2.24, 2.45) is 0 Å². The molecule has 0 bridgehead atoms. The molecule has 0 radical (unpaired) electrons. The molecule has 2 atom stereocenters. The summed E-state index contributed by atoms with van der Waals surface area (Å²) in [5.41, 5.74) is 0.0277. The molecule has 0 saturated heterocycles. The van der Waals surface area contributed by atoms with Gasteiger partial charge in [0.2, 0.25) is 0 Å². The first-order valence-corrected chi connectivity index (χ1v) is 10.2. The number of pyridine rings is 2. The van der Waals surface area contributed by atoms with E-state index in [0.29, 0.717) is 27.9 Å². The van der Waals surface area contributed by atoms with Crippen LogP contribution in [0.4, 0.5) is 0 Å². The van der Waals surface area contributed by atoms with Crippen LogP contribution in [0.3, 0.4) is 0 Å². The minimum absolute atomic E-state index is 0.0323. The number of ether oxygens (including phenoxy) is 2. The fourth-order valence-electron chi connectivity index (χ4n) is 4.59. The van der Waals surface area contributed by atoms with Crippen LogP contribution in [0.2, 0.25) is 0 Å². The Morgan fingerprint density at radius 3 is 2.81 bits per heavy atom. The van der Waals surface area contributed by atoms with E-state index in [2.05, 4.69) is 4.98 Å². The predicted octanol–water partition coefficient (Wildman–Crippen LogP) is 1.89. The highest BCUT2D eigenvalue weighted by Gasteiger charge is 2.46. The Labute approximate surface area is 181 Å². The predicted molar refractivity (Wildman–Crippen MR) is 112 cm³/mol. The topological polar surface area (TPSA) is 128 Å². The van der Waals surface area contributed by atoms with Gasteiger partial charge in [-0.05, 0) is 36.8 Å². The van der Waals surface area contributed by atoms with Crippen molar-refractivity contribution in [3.8, 4) is 17.1 Å². The molecule has 9 nitrogen and oxygen atoms in total. The van der Waals surface area contributed by atoms with Gasteiger partial charge in [0.05, 0.1) is 42.0 Å². The van der Waals surface area contributed by atoms with Crippen LogP contribution >= 0.6 is 0 Å². The van der Waals surface area contributed by atoms with E-state index >= 15 is 0 Å². The van der Waals surface area contributed by atoms with E-state index in [1.54, 1.807) is 31.2 Å². The number of hydrogen-bond donors (Lipinski definition) is 2. The van der Waals surface area contributed by atoms with Crippen LogP contribution in [0.5, 0.6) is 5.75 Å². The Bertz CT molecular complexity index is 1380. The van der Waals surface area contributed by atoms with Crippen LogP contribution in [-0.2, 0) is 31.3 Å². The van der Waals surface area contributed by atoms with Crippen LogP contribution < -0.4 is 5.56 Å². The van der Waals surface area contributed by atoms with Gasteiger partial charge in [-0.3, -0.25) is 14.2 Å². The second-order valence-corrected chi connectivity index (χ2v) is 7.99. The lowest BCUT2D eigenvalue weighted by Crippen LogP contribution is -2.44. The third kappa shape index (κ3) is 2.67. The highest BCUT2D eigenvalue weighted by molar-refractivity contribution is 5.88. The quantitative estimate of drug-likeness (QED) is 0.596. The van der Waals surface area contributed by atoms with E-state index in [4.69, 9.17) is 9.47 Å². The minimum Gasteiger partial charge on any atom is -0.508 e. The van der Waals surface area contributed by atoms with Gasteiger partial charge in [0.25, 0.3) is 5.56 Å². The number of aromatic hydroxyl groups is 1. The Morgan fingerprint density at radius 2 is 2.09 bits per heavy atom. The second kappa shape index (κ2) is 6.89. The summed E-state index contributed by atoms with van der Waals surface area (Å²) in [6, 6.07) is 7.39. The van der Waals surface area contributed by atoms with Crippen molar-refractivity contribution >= 4 is 22.8 Å². The van der Waals surface area contributed by atoms with Gasteiger partial charge in [0.1, 0.15) is 12.4 Å². The van der Waals surface area contributed by atoms with Crippen LogP contribution in [0.1, 0.15) is 42.5 Å². The molecular weight excluding hydrogens is 416 g/mol. The molecule has 2 aromatic heterocycles. The zero-order chi connectivity index (χ0) is 22.8. The maximum absolute atomic E-state index is 13.6. The summed E-state index contributed by atoms with van der Waals surface area (Å²) in [6.45, 7) is 1.37. The molecule has 3 aromatic rings. The number of rotatable bonds is 3. The first kappa shape index (κ1) is 20.2. The van der Waals surface area contributed by atoms with Gasteiger partial charge in [-0.1, -0.05) is 6.92 Å². The lowest BCUT2D eigenvalue weighted by atomic mass is 9.86. The number of hydrogen-bond acceptors (Lipinski definition) is 8. The summed E-state index contributed by atoms with van der Waals surface area (Å²) in [6.07, 6.45) is -0.0797. The molecule has 0 fully saturated rings. The number of carbonyl (C=O) groups excluding carboxylic acids is 2. The number of esters is 2. The Morgan fingerprint density at radius 1 is 1.31 bits per heavy atom. The molecule has 9 heteroatoms. The molecule has 2 N–H and O–H groups in total. The first-order chi connectivity index (χ1) is 15.3. The van der Waals surface area contributed by atoms with Crippen molar-refractivity contribution < 1.29 is 29.3 Å². The van der Waals surface area contributed by atoms with Crippen LogP contribution in [0.15, 0.2) is 35.1 Å². The van der Waals surface area contributed by atoms with Crippen molar-refractivity contribution in [3.05, 3.63) is 57.4 Å². The smallest absolute Gasteiger partial charge is 0.343 e. The summed E-state index contributed by atoms with van der Waals surface area (Å²) in [4.78, 5) is 42.8. The monoisotopic (exact) mass is 436 g/mol. The minimum atomic E-state index is -1.94. The van der Waals surface area contributed by atoms with E-state index < -0.39 is 29.1 Å². The molecule has 0 spiro atoms. The Kier molecular flexibility index (Phi) is 4.35. The molecule has 164 valence electrons. The third-order valence-corrected chi connectivity index (χ3v) is 6.31. The Balaban J connectivity index is 1.83. The average molecular weight is 436 g/mol. The van der Waals surface area contributed by atoms with Gasteiger partial charge >= 0.3 is 11.9 Å². The maximum Gasteiger partial charge on any atom is 0.343 e. The highest BCUT2D eigenvalue weighted by Crippen LogP contribution is 2.44. The summed E-state index contributed by atoms with van der Waals surface area (Å²) in [7, 11) is 1.27. The number of methoxy groups -OCH3 is 1. The van der Waals surface area contributed by atoms with Crippen LogP contribution in [0, 0.1) is 0 Å². The van der Waals surface area contributed by atoms with E-state index in [-0.39, 0.29) is 36.3 Å². The average Bonchev–Trinajstić information content (AvgIpc) is 3.07. The SMILES string of the molecule is CC[C@@]1(O)C(=O)OCc2c1cc1n(c2=O)C(CC(=O)OC)c2cc3cc(O)ccc3nc2-1. The lowest BCUT2D eigenvalue weighted by molar-refractivity contribution is -0.172. The van der Waals surface area contributed by atoms with Crippen molar-refractivity contribution in [1.82, 2.24) is 9.55 Å². The van der Waals surface area contributed by atoms with E-state index in [1.807, 2.05) is 0 Å². The van der Waals surface area contributed by atoms with E-state index in [0.717, 1.165) is 0 Å². The van der Waals surface area contributed by atoms with Crippen LogP contribution in [0.25, 0.3) is 22.3 Å². The molecule has 4 heterocycles. The van der Waals surface area contributed by atoms with Gasteiger partial charge in [0, 0.05) is 16.5 Å². The van der Waals surface area contributed by atoms with Gasteiger partial charge in [-0.2, -0.15) is 0 Å². The highest BCUT2D eigenvalue weighted by atomic mass is 16.6. The zero-order valence-corrected chi connectivity index (χ0v) is 17.4. The fourth-order valence-corrected chi connectivity index (χ4v) is 4.59. The standard InChI is InChI=1S/C23H20N2O7/c1-3-23(30)15-8-18-20-13(7-11-6-12(26)4-5-16(11)24-20)17(9-19(27)31-2)25(18)21(28)14(15)10-32-22(23)29/h4-8,17,26,30H,3,9-10H2,1-2H3/t17?,23-/m0/s1. The van der Waals surface area contributed by atoms with Gasteiger partial charge in [0.15, 0.2) is 5.60 Å². The normalized spacial score (nSPS) is 21.0. The maximum atomic E-state index is 13.6. The molecule has 2 aliphatic rings. The zero-order valence-electron chi connectivity index (χ0n) is 17.4. The summed E-state index contributed by atoms with van der Waals surface area (Å²) in [5.74, 6) is -1.25. The second-order valence-electron chi connectivity index (χ2n) is 7.99. The number of phenols is 1. The molecule has 5 rings (SSSR count). The van der Waals surface area contributed by atoms with Crippen molar-refractivity contribution in [3.63, 3.8) is 0 Å². The summed E-state index contributed by atoms with van der Waals surface area (Å²) in [5, 5.41) is 21.5. The van der Waals surface area contributed by atoms with Gasteiger partial charge in [-0.25, -0.2) is 9.78 Å². The number of carbonyl (C=O) groups is 2. The molecule has 1 unspecified atom stereocenters. The van der Waals surface area contributed by atoms with Gasteiger partial charge in [-0.15, -0.1) is 0 Å². The number of phenolic OH excluding ortho intramolecular Hbond substituents is 1. The number of aromatic nitrogens is 2. The number of cyclic esters (lactones) is 1. The third-order valence-electron chi connectivity index (χ3n) is 6.31. The molecule has 0 aliphatic carbocycles. The molecule has 0 saturated carbocycles. The molecule has 2 aliphatic heterocycles. The summed E-state index contributed by atoms with van der Waals surface area (Å²) >= 11 is 0. The van der Waals surface area contributed by atoms with Crippen molar-refractivity contribution in [1.29, 1.82) is 0 Å². The Hall–Kier alpha value is -3.72.